The van der Waals surface area contributed by atoms with Gasteiger partial charge in [-0.1, -0.05) is 11.6 Å². The lowest BCUT2D eigenvalue weighted by atomic mass is 10.3. The molecule has 100 valence electrons. The van der Waals surface area contributed by atoms with E-state index in [0.29, 0.717) is 6.04 Å². The summed E-state index contributed by atoms with van der Waals surface area (Å²) in [7, 11) is 0. The van der Waals surface area contributed by atoms with Crippen molar-refractivity contribution in [3.05, 3.63) is 33.3 Å². The summed E-state index contributed by atoms with van der Waals surface area (Å²) in [5.41, 5.74) is -0.0944. The number of nitro groups is 1. The molecule has 1 fully saturated rings. The number of nitrogens with one attached hydrogen (secondary N) is 1. The molecule has 1 aliphatic rings. The summed E-state index contributed by atoms with van der Waals surface area (Å²) >= 11 is 5.89. The van der Waals surface area contributed by atoms with Crippen LogP contribution >= 0.6 is 11.6 Å². The zero-order valence-corrected chi connectivity index (χ0v) is 10.8. The molecule has 19 heavy (non-hydrogen) atoms. The van der Waals surface area contributed by atoms with E-state index in [4.69, 9.17) is 21.6 Å². The van der Waals surface area contributed by atoms with Gasteiger partial charge in [0.2, 0.25) is 0 Å². The van der Waals surface area contributed by atoms with Crippen LogP contribution in [0.4, 0.5) is 5.69 Å². The smallest absolute Gasteiger partial charge is 0.273 e. The minimum atomic E-state index is -0.520. The number of non-ortho nitro benzene ring substituents is 1. The van der Waals surface area contributed by atoms with E-state index in [2.05, 4.69) is 11.4 Å². The van der Waals surface area contributed by atoms with Crippen molar-refractivity contribution in [2.45, 2.75) is 24.9 Å². The Morgan fingerprint density at radius 2 is 2.37 bits per heavy atom. The predicted octanol–water partition coefficient (Wildman–Crippen LogP) is 2.27. The van der Waals surface area contributed by atoms with Gasteiger partial charge < -0.3 is 4.74 Å². The van der Waals surface area contributed by atoms with E-state index < -0.39 is 11.0 Å². The summed E-state index contributed by atoms with van der Waals surface area (Å²) in [5.74, 6) is 0.216. The average molecular weight is 282 g/mol. The molecule has 1 unspecified atom stereocenters. The zero-order chi connectivity index (χ0) is 13.8. The van der Waals surface area contributed by atoms with Crippen molar-refractivity contribution < 1.29 is 9.66 Å². The lowest BCUT2D eigenvalue weighted by Gasteiger charge is -2.13. The average Bonchev–Trinajstić information content (AvgIpc) is 3.19. The Kier molecular flexibility index (Phi) is 4.20. The third-order valence-corrected chi connectivity index (χ3v) is 3.01. The first-order valence-corrected chi connectivity index (χ1v) is 6.20. The number of benzene rings is 1. The Balaban J connectivity index is 1.99. The maximum atomic E-state index is 10.7. The minimum Gasteiger partial charge on any atom is -0.489 e. The molecule has 1 atom stereocenters. The van der Waals surface area contributed by atoms with Gasteiger partial charge in [0.15, 0.2) is 0 Å². The monoisotopic (exact) mass is 281 g/mol. The number of halogens is 1. The predicted molar refractivity (Wildman–Crippen MR) is 69.2 cm³/mol. The van der Waals surface area contributed by atoms with E-state index >= 15 is 0 Å². The van der Waals surface area contributed by atoms with Crippen LogP contribution in [0.2, 0.25) is 5.02 Å². The molecule has 0 aliphatic heterocycles. The molecule has 0 aromatic heterocycles. The number of rotatable bonds is 6. The van der Waals surface area contributed by atoms with Gasteiger partial charge in [-0.25, -0.2) is 0 Å². The Bertz CT molecular complexity index is 525. The van der Waals surface area contributed by atoms with Crippen LogP contribution in [0, 0.1) is 21.4 Å². The number of nitriles is 1. The number of nitro benzene ring substituents is 1. The van der Waals surface area contributed by atoms with Gasteiger partial charge in [-0.15, -0.1) is 0 Å². The van der Waals surface area contributed by atoms with Crippen molar-refractivity contribution in [2.24, 2.45) is 0 Å². The molecule has 7 heteroatoms. The molecule has 2 rings (SSSR count). The number of ether oxygens (including phenoxy) is 1. The van der Waals surface area contributed by atoms with E-state index in [1.54, 1.807) is 0 Å². The third kappa shape index (κ3) is 3.81. The van der Waals surface area contributed by atoms with Gasteiger partial charge in [0.1, 0.15) is 18.4 Å². The van der Waals surface area contributed by atoms with Crippen molar-refractivity contribution in [1.29, 1.82) is 5.26 Å². The Morgan fingerprint density at radius 3 is 2.95 bits per heavy atom. The Labute approximate surface area is 115 Å². The Morgan fingerprint density at radius 1 is 1.63 bits per heavy atom. The van der Waals surface area contributed by atoms with Gasteiger partial charge in [0.25, 0.3) is 5.69 Å². The van der Waals surface area contributed by atoms with Gasteiger partial charge in [-0.2, -0.15) is 5.26 Å². The van der Waals surface area contributed by atoms with Crippen LogP contribution in [0.1, 0.15) is 12.8 Å². The van der Waals surface area contributed by atoms with Gasteiger partial charge >= 0.3 is 0 Å². The van der Waals surface area contributed by atoms with Gasteiger partial charge in [0, 0.05) is 12.1 Å². The maximum Gasteiger partial charge on any atom is 0.273 e. The molecular formula is C12H12ClN3O3. The molecule has 0 bridgehead atoms. The molecule has 1 saturated carbocycles. The van der Waals surface area contributed by atoms with E-state index in [9.17, 15) is 10.1 Å². The molecule has 1 N–H and O–H groups in total. The fourth-order valence-corrected chi connectivity index (χ4v) is 1.72. The normalized spacial score (nSPS) is 15.6. The molecule has 0 heterocycles. The van der Waals surface area contributed by atoms with Gasteiger partial charge in [-0.05, 0) is 18.9 Å². The summed E-state index contributed by atoms with van der Waals surface area (Å²) < 4.78 is 5.39. The van der Waals surface area contributed by atoms with Crippen LogP contribution in [0.3, 0.4) is 0 Å². The van der Waals surface area contributed by atoms with Crippen molar-refractivity contribution >= 4 is 17.3 Å². The lowest BCUT2D eigenvalue weighted by Crippen LogP contribution is -2.34. The van der Waals surface area contributed by atoms with Crippen molar-refractivity contribution in [3.8, 4) is 11.8 Å². The van der Waals surface area contributed by atoms with E-state index in [-0.39, 0.29) is 23.1 Å². The van der Waals surface area contributed by atoms with Crippen molar-refractivity contribution in [3.63, 3.8) is 0 Å². The molecule has 0 saturated heterocycles. The zero-order valence-electron chi connectivity index (χ0n) is 10.0. The van der Waals surface area contributed by atoms with Gasteiger partial charge in [-0.3, -0.25) is 15.4 Å². The first-order valence-electron chi connectivity index (χ1n) is 5.82. The number of nitrogens with zero attached hydrogens (tertiary/aromatic N) is 2. The molecule has 1 aromatic carbocycles. The second kappa shape index (κ2) is 5.87. The summed E-state index contributed by atoms with van der Waals surface area (Å²) in [6, 6.07) is 6.00. The van der Waals surface area contributed by atoms with Crippen molar-refractivity contribution in [1.82, 2.24) is 5.32 Å². The second-order valence-corrected chi connectivity index (χ2v) is 4.71. The first kappa shape index (κ1) is 13.6. The van der Waals surface area contributed by atoms with E-state index in [1.165, 1.54) is 18.2 Å². The second-order valence-electron chi connectivity index (χ2n) is 4.31. The lowest BCUT2D eigenvalue weighted by molar-refractivity contribution is -0.384. The van der Waals surface area contributed by atoms with Crippen LogP contribution in [-0.4, -0.2) is 23.6 Å². The van der Waals surface area contributed by atoms with E-state index in [0.717, 1.165) is 12.8 Å². The fourth-order valence-electron chi connectivity index (χ4n) is 1.55. The molecule has 0 spiro atoms. The number of hydrogen-bond donors (Lipinski definition) is 1. The summed E-state index contributed by atoms with van der Waals surface area (Å²) in [4.78, 5) is 10.1. The Hall–Kier alpha value is -1.84. The topological polar surface area (TPSA) is 88.2 Å². The minimum absolute atomic E-state index is 0.0944. The molecule has 0 radical (unpaired) electrons. The van der Waals surface area contributed by atoms with Crippen LogP contribution in [0.5, 0.6) is 5.75 Å². The summed E-state index contributed by atoms with van der Waals surface area (Å²) in [5, 5.41) is 23.0. The highest BCUT2D eigenvalue weighted by Gasteiger charge is 2.25. The third-order valence-electron chi connectivity index (χ3n) is 2.70. The fraction of sp³-hybridized carbons (Fsp3) is 0.417. The quantitative estimate of drug-likeness (QED) is 0.638. The van der Waals surface area contributed by atoms with E-state index in [1.807, 2.05) is 0 Å². The first-order chi connectivity index (χ1) is 9.10. The van der Waals surface area contributed by atoms with Gasteiger partial charge in [0.05, 0.1) is 22.1 Å². The van der Waals surface area contributed by atoms with Crippen LogP contribution in [-0.2, 0) is 0 Å². The highest BCUT2D eigenvalue weighted by Crippen LogP contribution is 2.29. The summed E-state index contributed by atoms with van der Waals surface area (Å²) in [6.45, 7) is 0.105. The maximum absolute atomic E-state index is 10.7. The van der Waals surface area contributed by atoms with Crippen LogP contribution in [0.15, 0.2) is 18.2 Å². The van der Waals surface area contributed by atoms with Crippen LogP contribution < -0.4 is 10.1 Å². The standard InChI is InChI=1S/C12H12ClN3O3/c13-11-4-3-10(16(17)18)5-12(11)19-7-9(6-14)15-8-1-2-8/h3-5,8-9,15H,1-2,7H2. The summed E-state index contributed by atoms with van der Waals surface area (Å²) in [6.07, 6.45) is 2.13. The SMILES string of the molecule is N#CC(COc1cc([N+](=O)[O-])ccc1Cl)NC1CC1. The number of hydrogen-bond acceptors (Lipinski definition) is 5. The van der Waals surface area contributed by atoms with Crippen molar-refractivity contribution in [2.75, 3.05) is 6.61 Å². The molecule has 1 aromatic rings. The molecular weight excluding hydrogens is 270 g/mol. The highest BCUT2D eigenvalue weighted by atomic mass is 35.5. The largest absolute Gasteiger partial charge is 0.489 e. The van der Waals surface area contributed by atoms with Crippen LogP contribution in [0.25, 0.3) is 0 Å². The molecule has 0 amide bonds. The molecule has 6 nitrogen and oxygen atoms in total. The molecule has 1 aliphatic carbocycles. The highest BCUT2D eigenvalue weighted by molar-refractivity contribution is 6.32.